The summed E-state index contributed by atoms with van der Waals surface area (Å²) in [7, 11) is 1.73. The minimum atomic E-state index is -0.770. The van der Waals surface area contributed by atoms with E-state index in [4.69, 9.17) is 0 Å². The van der Waals surface area contributed by atoms with Crippen LogP contribution in [0.15, 0.2) is 29.1 Å². The molecule has 0 aliphatic heterocycles. The van der Waals surface area contributed by atoms with Crippen molar-refractivity contribution in [2.24, 2.45) is 7.05 Å². The van der Waals surface area contributed by atoms with Crippen LogP contribution >= 0.6 is 15.9 Å². The van der Waals surface area contributed by atoms with Gasteiger partial charge in [-0.25, -0.2) is 4.68 Å². The molecule has 0 spiro atoms. The molecule has 0 aliphatic rings. The Morgan fingerprint density at radius 1 is 1.53 bits per heavy atom. The van der Waals surface area contributed by atoms with E-state index in [0.717, 1.165) is 0 Å². The first-order chi connectivity index (χ1) is 7.20. The number of hydrogen-bond acceptors (Lipinski definition) is 4. The van der Waals surface area contributed by atoms with E-state index < -0.39 is 6.10 Å². The second-order valence-corrected chi connectivity index (χ2v) is 3.83. The topological polar surface area (TPSA) is 63.8 Å². The second-order valence-electron chi connectivity index (χ2n) is 3.08. The molecule has 1 N–H and O–H groups in total. The van der Waals surface area contributed by atoms with Gasteiger partial charge in [-0.15, -0.1) is 5.10 Å². The van der Waals surface area contributed by atoms with Crippen molar-refractivity contribution in [3.05, 3.63) is 40.4 Å². The normalized spacial score (nSPS) is 12.7. The lowest BCUT2D eigenvalue weighted by molar-refractivity contribution is 0.208. The number of rotatable bonds is 2. The lowest BCUT2D eigenvalue weighted by atomic mass is 10.1. The Kier molecular flexibility index (Phi) is 2.79. The molecular formula is C9H9BrN4O. The smallest absolute Gasteiger partial charge is 0.154 e. The molecule has 2 rings (SSSR count). The van der Waals surface area contributed by atoms with Gasteiger partial charge in [0.15, 0.2) is 4.60 Å². The van der Waals surface area contributed by atoms with E-state index in [1.54, 1.807) is 31.6 Å². The van der Waals surface area contributed by atoms with Crippen molar-refractivity contribution < 1.29 is 5.11 Å². The van der Waals surface area contributed by atoms with Gasteiger partial charge in [-0.05, 0) is 22.0 Å². The van der Waals surface area contributed by atoms with Gasteiger partial charge in [-0.2, -0.15) is 0 Å². The summed E-state index contributed by atoms with van der Waals surface area (Å²) in [5.74, 6) is 0. The van der Waals surface area contributed by atoms with Crippen molar-refractivity contribution in [3.63, 3.8) is 0 Å². The highest BCUT2D eigenvalue weighted by atomic mass is 79.9. The predicted molar refractivity (Wildman–Crippen MR) is 57.0 cm³/mol. The number of aryl methyl sites for hydroxylation is 1. The summed E-state index contributed by atoms with van der Waals surface area (Å²) < 4.78 is 2.07. The highest BCUT2D eigenvalue weighted by Crippen LogP contribution is 2.25. The summed E-state index contributed by atoms with van der Waals surface area (Å²) in [5, 5.41) is 17.7. The van der Waals surface area contributed by atoms with Crippen molar-refractivity contribution >= 4 is 15.9 Å². The number of pyridine rings is 1. The van der Waals surface area contributed by atoms with Gasteiger partial charge in [0.1, 0.15) is 11.8 Å². The molecule has 0 saturated heterocycles. The first-order valence-electron chi connectivity index (χ1n) is 4.33. The molecule has 0 saturated carbocycles. The predicted octanol–water partition coefficient (Wildman–Crippen LogP) is 1.05. The van der Waals surface area contributed by atoms with Gasteiger partial charge >= 0.3 is 0 Å². The molecular weight excluding hydrogens is 260 g/mol. The molecule has 0 fully saturated rings. The number of aliphatic hydroxyl groups is 1. The third-order valence-electron chi connectivity index (χ3n) is 2.09. The molecule has 0 radical (unpaired) electrons. The quantitative estimate of drug-likeness (QED) is 0.885. The number of nitrogens with zero attached hydrogens (tertiary/aromatic N) is 4. The third-order valence-corrected chi connectivity index (χ3v) is 2.65. The average molecular weight is 269 g/mol. The third kappa shape index (κ3) is 1.91. The van der Waals surface area contributed by atoms with Gasteiger partial charge in [-0.1, -0.05) is 11.3 Å². The average Bonchev–Trinajstić information content (AvgIpc) is 2.59. The highest BCUT2D eigenvalue weighted by molar-refractivity contribution is 9.10. The van der Waals surface area contributed by atoms with Crippen LogP contribution in [0.3, 0.4) is 0 Å². The summed E-state index contributed by atoms with van der Waals surface area (Å²) in [6.45, 7) is 0. The number of halogens is 1. The summed E-state index contributed by atoms with van der Waals surface area (Å²) in [6, 6.07) is 3.58. The fourth-order valence-electron chi connectivity index (χ4n) is 1.32. The maximum absolute atomic E-state index is 10.1. The van der Waals surface area contributed by atoms with Gasteiger partial charge in [0, 0.05) is 25.0 Å². The van der Waals surface area contributed by atoms with E-state index in [1.165, 1.54) is 4.68 Å². The van der Waals surface area contributed by atoms with Gasteiger partial charge in [-0.3, -0.25) is 4.98 Å². The fourth-order valence-corrected chi connectivity index (χ4v) is 1.87. The summed E-state index contributed by atoms with van der Waals surface area (Å²) in [5.41, 5.74) is 1.33. The number of hydrogen-bond donors (Lipinski definition) is 1. The standard InChI is InChI=1S/C9H9BrN4O/c1-14-7(9(10)12-13-14)8(15)6-3-2-4-11-5-6/h2-5,8,15H,1H3. The van der Waals surface area contributed by atoms with Crippen molar-refractivity contribution in [2.75, 3.05) is 0 Å². The molecule has 2 aromatic heterocycles. The van der Waals surface area contributed by atoms with Gasteiger partial charge < -0.3 is 5.11 Å². The molecule has 6 heteroatoms. The maximum Gasteiger partial charge on any atom is 0.154 e. The van der Waals surface area contributed by atoms with Gasteiger partial charge in [0.25, 0.3) is 0 Å². The van der Waals surface area contributed by atoms with Crippen molar-refractivity contribution in [3.8, 4) is 0 Å². The Bertz CT molecular complexity index is 437. The Balaban J connectivity index is 2.41. The van der Waals surface area contributed by atoms with E-state index in [0.29, 0.717) is 15.9 Å². The van der Waals surface area contributed by atoms with Crippen molar-refractivity contribution in [1.29, 1.82) is 0 Å². The molecule has 1 unspecified atom stereocenters. The van der Waals surface area contributed by atoms with Crippen LogP contribution in [0.4, 0.5) is 0 Å². The molecule has 0 aliphatic carbocycles. The lowest BCUT2D eigenvalue weighted by Gasteiger charge is -2.10. The Morgan fingerprint density at radius 3 is 2.87 bits per heavy atom. The molecule has 2 aromatic rings. The maximum atomic E-state index is 10.1. The SMILES string of the molecule is Cn1nnc(Br)c1C(O)c1cccnc1. The first-order valence-corrected chi connectivity index (χ1v) is 5.12. The molecule has 1 atom stereocenters. The van der Waals surface area contributed by atoms with E-state index >= 15 is 0 Å². The zero-order valence-corrected chi connectivity index (χ0v) is 9.59. The van der Waals surface area contributed by atoms with Crippen LogP contribution in [0.25, 0.3) is 0 Å². The van der Waals surface area contributed by atoms with Crippen LogP contribution in [0.1, 0.15) is 17.4 Å². The Hall–Kier alpha value is -1.27. The van der Waals surface area contributed by atoms with E-state index in [-0.39, 0.29) is 0 Å². The van der Waals surface area contributed by atoms with Gasteiger partial charge in [0.05, 0.1) is 0 Å². The monoisotopic (exact) mass is 268 g/mol. The molecule has 5 nitrogen and oxygen atoms in total. The molecule has 0 aromatic carbocycles. The zero-order chi connectivity index (χ0) is 10.8. The molecule has 2 heterocycles. The van der Waals surface area contributed by atoms with Crippen molar-refractivity contribution in [1.82, 2.24) is 20.0 Å². The van der Waals surface area contributed by atoms with Gasteiger partial charge in [0.2, 0.25) is 0 Å². The summed E-state index contributed by atoms with van der Waals surface area (Å²) in [6.07, 6.45) is 2.50. The van der Waals surface area contributed by atoms with E-state index in [2.05, 4.69) is 31.2 Å². The largest absolute Gasteiger partial charge is 0.382 e. The minimum Gasteiger partial charge on any atom is -0.382 e. The van der Waals surface area contributed by atoms with E-state index in [1.807, 2.05) is 0 Å². The number of aromatic nitrogens is 4. The molecule has 0 amide bonds. The van der Waals surface area contributed by atoms with Crippen LogP contribution in [-0.2, 0) is 7.05 Å². The Morgan fingerprint density at radius 2 is 2.33 bits per heavy atom. The van der Waals surface area contributed by atoms with Crippen LogP contribution in [-0.4, -0.2) is 25.1 Å². The fraction of sp³-hybridized carbons (Fsp3) is 0.222. The zero-order valence-electron chi connectivity index (χ0n) is 8.00. The number of aliphatic hydroxyl groups excluding tert-OH is 1. The molecule has 0 bridgehead atoms. The molecule has 78 valence electrons. The first kappa shape index (κ1) is 10.3. The van der Waals surface area contributed by atoms with Crippen LogP contribution in [0.5, 0.6) is 0 Å². The van der Waals surface area contributed by atoms with E-state index in [9.17, 15) is 5.11 Å². The Labute approximate surface area is 94.9 Å². The molecule has 15 heavy (non-hydrogen) atoms. The summed E-state index contributed by atoms with van der Waals surface area (Å²) in [4.78, 5) is 3.95. The van der Waals surface area contributed by atoms with Crippen LogP contribution in [0, 0.1) is 0 Å². The highest BCUT2D eigenvalue weighted by Gasteiger charge is 2.19. The summed E-state index contributed by atoms with van der Waals surface area (Å²) >= 11 is 3.24. The van der Waals surface area contributed by atoms with Crippen LogP contribution in [0.2, 0.25) is 0 Å². The minimum absolute atomic E-state index is 0.543. The van der Waals surface area contributed by atoms with Crippen molar-refractivity contribution in [2.45, 2.75) is 6.10 Å². The lowest BCUT2D eigenvalue weighted by Crippen LogP contribution is -2.07. The van der Waals surface area contributed by atoms with Crippen LogP contribution < -0.4 is 0 Å². The second kappa shape index (κ2) is 4.08.